The molecule has 8 heteroatoms. The summed E-state index contributed by atoms with van der Waals surface area (Å²) in [4.78, 5) is 20.4. The minimum absolute atomic E-state index is 0.208. The van der Waals surface area contributed by atoms with Gasteiger partial charge in [-0.1, -0.05) is 45.0 Å². The number of hydrogen-bond donors (Lipinski definition) is 1. The number of imidazole rings is 1. The Morgan fingerprint density at radius 3 is 2.29 bits per heavy atom. The number of ether oxygens (including phenoxy) is 2. The molecule has 0 saturated carbocycles. The van der Waals surface area contributed by atoms with Crippen molar-refractivity contribution in [2.24, 2.45) is 5.41 Å². The van der Waals surface area contributed by atoms with Crippen molar-refractivity contribution >= 4 is 17.3 Å². The number of aromatic nitrogens is 2. The lowest BCUT2D eigenvalue weighted by Gasteiger charge is -2.41. The van der Waals surface area contributed by atoms with Gasteiger partial charge in [-0.25, -0.2) is 14.2 Å². The van der Waals surface area contributed by atoms with E-state index >= 15 is 0 Å². The van der Waals surface area contributed by atoms with Crippen LogP contribution in [0.5, 0.6) is 5.75 Å². The molecule has 1 saturated heterocycles. The molecular formula is C37H46FN3O4. The van der Waals surface area contributed by atoms with Gasteiger partial charge in [0.1, 0.15) is 17.2 Å². The van der Waals surface area contributed by atoms with Gasteiger partial charge in [-0.05, 0) is 87.8 Å². The first-order valence-corrected chi connectivity index (χ1v) is 15.9. The summed E-state index contributed by atoms with van der Waals surface area (Å²) >= 11 is 0. The molecule has 1 atom stereocenters. The van der Waals surface area contributed by atoms with Gasteiger partial charge in [0.25, 0.3) is 0 Å². The van der Waals surface area contributed by atoms with Gasteiger partial charge in [-0.3, -0.25) is 0 Å². The van der Waals surface area contributed by atoms with E-state index in [1.807, 2.05) is 62.6 Å². The lowest BCUT2D eigenvalue weighted by molar-refractivity contribution is -0.160. The predicted octanol–water partition coefficient (Wildman–Crippen LogP) is 8.20. The van der Waals surface area contributed by atoms with Gasteiger partial charge in [0, 0.05) is 42.5 Å². The van der Waals surface area contributed by atoms with Crippen LogP contribution in [0.3, 0.4) is 0 Å². The predicted molar refractivity (Wildman–Crippen MR) is 177 cm³/mol. The smallest absolute Gasteiger partial charge is 0.337 e. The Balaban J connectivity index is 1.63. The van der Waals surface area contributed by atoms with Gasteiger partial charge in [-0.2, -0.15) is 0 Å². The number of anilines is 1. The Kier molecular flexibility index (Phi) is 9.26. The highest BCUT2D eigenvalue weighted by Crippen LogP contribution is 2.46. The third kappa shape index (κ3) is 7.33. The zero-order valence-electron chi connectivity index (χ0n) is 27.6. The number of fused-ring (bicyclic) bond motifs is 1. The van der Waals surface area contributed by atoms with E-state index in [0.29, 0.717) is 18.6 Å². The molecule has 0 bridgehead atoms. The molecule has 240 valence electrons. The Morgan fingerprint density at radius 2 is 1.71 bits per heavy atom. The van der Waals surface area contributed by atoms with Crippen LogP contribution in [0.4, 0.5) is 10.1 Å². The molecule has 0 radical (unpaired) electrons. The summed E-state index contributed by atoms with van der Waals surface area (Å²) in [6, 6.07) is 14.4. The number of halogens is 1. The molecule has 3 heterocycles. The first-order valence-electron chi connectivity index (χ1n) is 15.9. The molecule has 7 nitrogen and oxygen atoms in total. The largest absolute Gasteiger partial charge is 0.493 e. The fourth-order valence-corrected chi connectivity index (χ4v) is 6.06. The van der Waals surface area contributed by atoms with Crippen LogP contribution in [-0.2, 0) is 22.4 Å². The number of nitrogens with zero attached hydrogens (tertiary/aromatic N) is 3. The van der Waals surface area contributed by atoms with E-state index in [1.165, 1.54) is 12.1 Å². The number of carbonyl (C=O) groups is 1. The van der Waals surface area contributed by atoms with Crippen molar-refractivity contribution < 1.29 is 23.8 Å². The third-order valence-corrected chi connectivity index (χ3v) is 8.69. The molecule has 1 fully saturated rings. The van der Waals surface area contributed by atoms with E-state index in [-0.39, 0.29) is 11.2 Å². The van der Waals surface area contributed by atoms with E-state index in [0.717, 1.165) is 77.5 Å². The molecule has 0 amide bonds. The Morgan fingerprint density at radius 1 is 1.07 bits per heavy atom. The fourth-order valence-electron chi connectivity index (χ4n) is 6.06. The van der Waals surface area contributed by atoms with Crippen LogP contribution in [0.25, 0.3) is 16.8 Å². The molecule has 5 rings (SSSR count). The first kappa shape index (κ1) is 32.5. The monoisotopic (exact) mass is 615 g/mol. The topological polar surface area (TPSA) is 76.3 Å². The molecule has 1 aliphatic heterocycles. The molecule has 0 spiro atoms. The molecule has 0 unspecified atom stereocenters. The highest BCUT2D eigenvalue weighted by atomic mass is 19.1. The van der Waals surface area contributed by atoms with Gasteiger partial charge in [0.15, 0.2) is 6.10 Å². The minimum atomic E-state index is -1.17. The van der Waals surface area contributed by atoms with Crippen LogP contribution in [0.1, 0.15) is 83.0 Å². The van der Waals surface area contributed by atoms with E-state index in [1.54, 1.807) is 12.1 Å². The number of rotatable bonds is 10. The van der Waals surface area contributed by atoms with Crippen molar-refractivity contribution in [3.63, 3.8) is 0 Å². The van der Waals surface area contributed by atoms with Crippen molar-refractivity contribution in [3.8, 4) is 16.9 Å². The van der Waals surface area contributed by atoms with Gasteiger partial charge < -0.3 is 23.9 Å². The van der Waals surface area contributed by atoms with Gasteiger partial charge >= 0.3 is 5.97 Å². The van der Waals surface area contributed by atoms with Crippen LogP contribution in [-0.4, -0.2) is 45.8 Å². The first-order chi connectivity index (χ1) is 21.3. The normalized spacial score (nSPS) is 15.8. The lowest BCUT2D eigenvalue weighted by atomic mass is 9.82. The average molecular weight is 616 g/mol. The molecule has 1 aliphatic rings. The number of pyridine rings is 1. The number of benzene rings is 2. The van der Waals surface area contributed by atoms with Crippen molar-refractivity contribution in [2.75, 3.05) is 24.6 Å². The standard InChI is InChI=1S/C37H46FN3O4/c1-8-28-23-41-24(2)30(33(35(42)43)45-36(3,4)5)32(40-20-18-37(6,7)19-21-40)31(34(41)39-28)26-11-15-29(16-12-26)44-22-17-25-9-13-27(38)14-10-25/h9-16,23,33H,8,17-22H2,1-7H3,(H,42,43)/t33-/m0/s1. The number of hydrogen-bond acceptors (Lipinski definition) is 5. The fraction of sp³-hybridized carbons (Fsp3) is 0.459. The second-order valence-electron chi connectivity index (χ2n) is 13.9. The summed E-state index contributed by atoms with van der Waals surface area (Å²) in [6.45, 7) is 16.4. The summed E-state index contributed by atoms with van der Waals surface area (Å²) in [6.07, 6.45) is 4.25. The third-order valence-electron chi connectivity index (χ3n) is 8.69. The highest BCUT2D eigenvalue weighted by molar-refractivity contribution is 5.94. The van der Waals surface area contributed by atoms with Gasteiger partial charge in [-0.15, -0.1) is 0 Å². The Labute approximate surface area is 266 Å². The summed E-state index contributed by atoms with van der Waals surface area (Å²) in [5, 5.41) is 10.6. The number of aryl methyl sites for hydroxylation is 2. The zero-order chi connectivity index (χ0) is 32.5. The van der Waals surface area contributed by atoms with Crippen LogP contribution >= 0.6 is 0 Å². The van der Waals surface area contributed by atoms with E-state index in [4.69, 9.17) is 14.5 Å². The van der Waals surface area contributed by atoms with Crippen molar-refractivity contribution in [1.29, 1.82) is 0 Å². The van der Waals surface area contributed by atoms with Crippen LogP contribution < -0.4 is 9.64 Å². The Bertz CT molecular complexity index is 1640. The number of carboxylic acids is 1. The maximum Gasteiger partial charge on any atom is 0.337 e. The SMILES string of the molecule is CCc1cn2c(C)c([C@H](OC(C)(C)C)C(=O)O)c(N3CCC(C)(C)CC3)c(-c3ccc(OCCc4ccc(F)cc4)cc3)c2n1. The summed E-state index contributed by atoms with van der Waals surface area (Å²) in [5.74, 6) is -0.542. The second-order valence-corrected chi connectivity index (χ2v) is 13.9. The maximum atomic E-state index is 13.3. The van der Waals surface area contributed by atoms with E-state index < -0.39 is 17.7 Å². The molecule has 1 N–H and O–H groups in total. The second kappa shape index (κ2) is 12.8. The van der Waals surface area contributed by atoms with E-state index in [2.05, 4.69) is 25.7 Å². The zero-order valence-corrected chi connectivity index (χ0v) is 27.6. The summed E-state index contributed by atoms with van der Waals surface area (Å²) in [7, 11) is 0. The summed E-state index contributed by atoms with van der Waals surface area (Å²) < 4.78 is 27.7. The Hall–Kier alpha value is -3.91. The minimum Gasteiger partial charge on any atom is -0.493 e. The number of carboxylic acid groups (broad SMARTS) is 1. The van der Waals surface area contributed by atoms with Gasteiger partial charge in [0.05, 0.1) is 23.6 Å². The van der Waals surface area contributed by atoms with E-state index in [9.17, 15) is 14.3 Å². The number of aliphatic carboxylic acids is 1. The quantitative estimate of drug-likeness (QED) is 0.194. The van der Waals surface area contributed by atoms with Crippen LogP contribution in [0.15, 0.2) is 54.7 Å². The number of piperidine rings is 1. The van der Waals surface area contributed by atoms with Crippen molar-refractivity contribution in [2.45, 2.75) is 85.9 Å². The maximum absolute atomic E-state index is 13.3. The molecular weight excluding hydrogens is 569 g/mol. The highest BCUT2D eigenvalue weighted by Gasteiger charge is 2.37. The van der Waals surface area contributed by atoms with Crippen LogP contribution in [0.2, 0.25) is 0 Å². The van der Waals surface area contributed by atoms with Gasteiger partial charge in [0.2, 0.25) is 0 Å². The molecule has 45 heavy (non-hydrogen) atoms. The molecule has 4 aromatic rings. The van der Waals surface area contributed by atoms with Crippen LogP contribution in [0, 0.1) is 18.2 Å². The summed E-state index contributed by atoms with van der Waals surface area (Å²) in [5.41, 5.74) is 6.47. The molecule has 2 aromatic carbocycles. The van der Waals surface area contributed by atoms with Crippen molar-refractivity contribution in [1.82, 2.24) is 9.38 Å². The van der Waals surface area contributed by atoms with Crippen molar-refractivity contribution in [3.05, 3.63) is 83.1 Å². The molecule has 0 aliphatic carbocycles. The average Bonchev–Trinajstić information content (AvgIpc) is 3.42. The lowest BCUT2D eigenvalue weighted by Crippen LogP contribution is -2.39. The molecule has 2 aromatic heterocycles.